The quantitative estimate of drug-likeness (QED) is 0.730. The predicted molar refractivity (Wildman–Crippen MR) is 90.9 cm³/mol. The van der Waals surface area contributed by atoms with Gasteiger partial charge >= 0.3 is 0 Å². The smallest absolute Gasteiger partial charge is 0.173 e. The Morgan fingerprint density at radius 3 is 2.14 bits per heavy atom. The van der Waals surface area contributed by atoms with Crippen LogP contribution in [0.5, 0.6) is 0 Å². The first kappa shape index (κ1) is 17.6. The summed E-state index contributed by atoms with van der Waals surface area (Å²) < 4.78 is 6.33. The highest BCUT2D eigenvalue weighted by Crippen LogP contribution is 2.21. The molecule has 0 bridgehead atoms. The van der Waals surface area contributed by atoms with Crippen LogP contribution in [-0.4, -0.2) is 16.6 Å². The largest absolute Gasteiger partial charge is 0.456 e. The molecule has 21 heavy (non-hydrogen) atoms. The Bertz CT molecular complexity index is 577. The number of nitriles is 2. The van der Waals surface area contributed by atoms with E-state index in [9.17, 15) is 0 Å². The number of hydrogen-bond acceptors (Lipinski definition) is 3. The average molecular weight is 317 g/mol. The molecule has 0 aliphatic heterocycles. The van der Waals surface area contributed by atoms with Crippen LogP contribution < -0.4 is 0 Å². The van der Waals surface area contributed by atoms with Gasteiger partial charge in [-0.05, 0) is 69.3 Å². The Morgan fingerprint density at radius 1 is 1.00 bits per heavy atom. The highest BCUT2D eigenvalue weighted by molar-refractivity contribution is 6.84. The Kier molecular flexibility index (Phi) is 5.91. The van der Waals surface area contributed by atoms with E-state index in [2.05, 4.69) is 38.8 Å². The van der Waals surface area contributed by atoms with E-state index in [0.29, 0.717) is 11.1 Å². The van der Waals surface area contributed by atoms with E-state index in [4.69, 9.17) is 14.6 Å². The lowest BCUT2D eigenvalue weighted by atomic mass is 10.0. The maximum absolute atomic E-state index is 9.05. The van der Waals surface area contributed by atoms with Gasteiger partial charge in [0, 0.05) is 0 Å². The minimum absolute atomic E-state index is 0.457. The van der Waals surface area contributed by atoms with Crippen LogP contribution in [0, 0.1) is 22.7 Å². The minimum atomic E-state index is -1.59. The fourth-order valence-electron chi connectivity index (χ4n) is 2.54. The molecule has 0 unspecified atom stereocenters. The van der Waals surface area contributed by atoms with Gasteiger partial charge in [0.25, 0.3) is 0 Å². The first-order valence-corrected chi connectivity index (χ1v) is 13.8. The molecule has 1 aromatic rings. The predicted octanol–water partition coefficient (Wildman–Crippen LogP) is 4.42. The van der Waals surface area contributed by atoms with Gasteiger partial charge < -0.3 is 4.12 Å². The van der Waals surface area contributed by atoms with Crippen LogP contribution in [-0.2, 0) is 10.5 Å². The fraction of sp³-hybridized carbons (Fsp3) is 0.500. The van der Waals surface area contributed by atoms with Crippen molar-refractivity contribution in [2.24, 2.45) is 0 Å². The molecule has 0 saturated heterocycles. The summed E-state index contributed by atoms with van der Waals surface area (Å²) in [7, 11) is -3.05. The lowest BCUT2D eigenvalue weighted by Gasteiger charge is -2.31. The van der Waals surface area contributed by atoms with Crippen molar-refractivity contribution < 1.29 is 4.12 Å². The summed E-state index contributed by atoms with van der Waals surface area (Å²) in [5.74, 6) is 0. The summed E-state index contributed by atoms with van der Waals surface area (Å²) in [6, 6.07) is 10.8. The normalized spacial score (nSPS) is 11.8. The molecule has 3 nitrogen and oxygen atoms in total. The number of aryl methyl sites for hydroxylation is 1. The molecular formula is C16H24N2OSi2. The summed E-state index contributed by atoms with van der Waals surface area (Å²) in [5.41, 5.74) is 2.06. The van der Waals surface area contributed by atoms with Crippen LogP contribution in [0.25, 0.3) is 0 Å². The first-order valence-electron chi connectivity index (χ1n) is 7.30. The first-order chi connectivity index (χ1) is 9.67. The molecule has 112 valence electrons. The molecule has 0 amide bonds. The third-order valence-corrected chi connectivity index (χ3v) is 9.37. The van der Waals surface area contributed by atoms with Crippen molar-refractivity contribution in [1.29, 1.82) is 10.5 Å². The topological polar surface area (TPSA) is 56.8 Å². The van der Waals surface area contributed by atoms with Gasteiger partial charge in [0.05, 0.1) is 11.1 Å². The van der Waals surface area contributed by atoms with Gasteiger partial charge in [-0.25, -0.2) is 0 Å². The van der Waals surface area contributed by atoms with E-state index in [-0.39, 0.29) is 0 Å². The highest BCUT2D eigenvalue weighted by Gasteiger charge is 2.28. The third kappa shape index (κ3) is 6.26. The lowest BCUT2D eigenvalue weighted by Crippen LogP contribution is -2.42. The van der Waals surface area contributed by atoms with Crippen LogP contribution in [0.3, 0.4) is 0 Å². The van der Waals surface area contributed by atoms with Crippen molar-refractivity contribution >= 4 is 16.6 Å². The molecule has 5 heteroatoms. The summed E-state index contributed by atoms with van der Waals surface area (Å²) in [6.45, 7) is 11.3. The van der Waals surface area contributed by atoms with Crippen molar-refractivity contribution in [2.75, 3.05) is 0 Å². The standard InChI is InChI=1S/C16H24N2OSi2/c1-20(2,3)19-21(4,5)10-6-7-14-8-9-15(12-17)16(11-14)13-18/h8-9,11H,6-7,10H2,1-5H3. The molecule has 0 N–H and O–H groups in total. The van der Waals surface area contributed by atoms with E-state index >= 15 is 0 Å². The number of nitrogens with zero attached hydrogens (tertiary/aromatic N) is 2. The molecule has 0 aliphatic rings. The van der Waals surface area contributed by atoms with E-state index in [1.54, 1.807) is 6.07 Å². The van der Waals surface area contributed by atoms with Crippen molar-refractivity contribution in [1.82, 2.24) is 0 Å². The van der Waals surface area contributed by atoms with Gasteiger partial charge in [-0.1, -0.05) is 6.07 Å². The van der Waals surface area contributed by atoms with E-state index in [1.807, 2.05) is 18.2 Å². The average Bonchev–Trinajstić information content (AvgIpc) is 2.35. The van der Waals surface area contributed by atoms with Gasteiger partial charge in [-0.2, -0.15) is 10.5 Å². The molecule has 0 fully saturated rings. The van der Waals surface area contributed by atoms with Crippen LogP contribution in [0.2, 0.25) is 38.8 Å². The maximum atomic E-state index is 9.05. The van der Waals surface area contributed by atoms with E-state index in [1.165, 1.54) is 0 Å². The molecule has 0 saturated carbocycles. The Labute approximate surface area is 130 Å². The number of rotatable bonds is 6. The minimum Gasteiger partial charge on any atom is -0.456 e. The molecule has 1 rings (SSSR count). The number of hydrogen-bond donors (Lipinski definition) is 0. The summed E-state index contributed by atoms with van der Waals surface area (Å²) in [6.07, 6.45) is 2.01. The molecule has 0 heterocycles. The highest BCUT2D eigenvalue weighted by atomic mass is 28.4. The van der Waals surface area contributed by atoms with Gasteiger partial charge in [0.2, 0.25) is 0 Å². The van der Waals surface area contributed by atoms with Gasteiger partial charge in [0.1, 0.15) is 12.1 Å². The van der Waals surface area contributed by atoms with Gasteiger partial charge in [-0.3, -0.25) is 0 Å². The van der Waals surface area contributed by atoms with Crippen LogP contribution in [0.4, 0.5) is 0 Å². The summed E-state index contributed by atoms with van der Waals surface area (Å²) >= 11 is 0. The zero-order chi connectivity index (χ0) is 16.1. The second kappa shape index (κ2) is 7.04. The van der Waals surface area contributed by atoms with Crippen molar-refractivity contribution in [2.45, 2.75) is 51.6 Å². The van der Waals surface area contributed by atoms with Gasteiger partial charge in [0.15, 0.2) is 16.6 Å². The molecule has 0 aliphatic carbocycles. The fourth-order valence-corrected chi connectivity index (χ4v) is 10.6. The Hall–Kier alpha value is -1.41. The zero-order valence-corrected chi connectivity index (χ0v) is 15.7. The molecule has 1 aromatic carbocycles. The zero-order valence-electron chi connectivity index (χ0n) is 13.7. The maximum Gasteiger partial charge on any atom is 0.173 e. The lowest BCUT2D eigenvalue weighted by molar-refractivity contribution is 0.544. The Morgan fingerprint density at radius 2 is 1.62 bits per heavy atom. The molecular weight excluding hydrogens is 292 g/mol. The number of benzene rings is 1. The van der Waals surface area contributed by atoms with E-state index < -0.39 is 16.6 Å². The second-order valence-corrected chi connectivity index (χ2v) is 16.0. The molecule has 0 aromatic heterocycles. The van der Waals surface area contributed by atoms with Gasteiger partial charge in [-0.15, -0.1) is 0 Å². The Balaban J connectivity index is 2.61. The van der Waals surface area contributed by atoms with Crippen LogP contribution in [0.15, 0.2) is 18.2 Å². The van der Waals surface area contributed by atoms with Crippen LogP contribution in [0.1, 0.15) is 23.1 Å². The van der Waals surface area contributed by atoms with Crippen molar-refractivity contribution in [3.63, 3.8) is 0 Å². The SMILES string of the molecule is C[Si](C)(C)O[Si](C)(C)CCCc1ccc(C#N)c(C#N)c1. The van der Waals surface area contributed by atoms with Crippen LogP contribution >= 0.6 is 0 Å². The monoisotopic (exact) mass is 316 g/mol. The molecule has 0 radical (unpaired) electrons. The summed E-state index contributed by atoms with van der Waals surface area (Å²) in [4.78, 5) is 0. The second-order valence-electron chi connectivity index (χ2n) is 6.93. The van der Waals surface area contributed by atoms with Crippen molar-refractivity contribution in [3.05, 3.63) is 34.9 Å². The molecule has 0 atom stereocenters. The molecule has 0 spiro atoms. The summed E-state index contributed by atoms with van der Waals surface area (Å²) in [5, 5.41) is 18.0. The third-order valence-electron chi connectivity index (χ3n) is 3.15. The van der Waals surface area contributed by atoms with E-state index in [0.717, 1.165) is 24.4 Å². The van der Waals surface area contributed by atoms with Crippen molar-refractivity contribution in [3.8, 4) is 12.1 Å².